The Bertz CT molecular complexity index is 484. The molecule has 1 fully saturated rings. The summed E-state index contributed by atoms with van der Waals surface area (Å²) in [6.07, 6.45) is 8.30. The van der Waals surface area contributed by atoms with Gasteiger partial charge in [0.15, 0.2) is 0 Å². The van der Waals surface area contributed by atoms with Crippen LogP contribution in [0.5, 0.6) is 0 Å². The van der Waals surface area contributed by atoms with Crippen LogP contribution in [0.1, 0.15) is 32.1 Å². The zero-order valence-corrected chi connectivity index (χ0v) is 13.5. The third-order valence-electron chi connectivity index (χ3n) is 3.83. The highest BCUT2D eigenvalue weighted by Gasteiger charge is 2.15. The van der Waals surface area contributed by atoms with E-state index < -0.39 is 0 Å². The van der Waals surface area contributed by atoms with Crippen molar-refractivity contribution < 1.29 is 4.74 Å². The molecule has 5 nitrogen and oxygen atoms in total. The predicted octanol–water partition coefficient (Wildman–Crippen LogP) is 2.64. The highest BCUT2D eigenvalue weighted by atomic mass is 79.9. The maximum Gasteiger partial charge on any atom is 0.283 e. The average Bonchev–Trinajstić information content (AvgIpc) is 2.96. The first-order valence-electron chi connectivity index (χ1n) is 7.21. The van der Waals surface area contributed by atoms with Crippen molar-refractivity contribution in [2.24, 2.45) is 5.92 Å². The van der Waals surface area contributed by atoms with E-state index in [1.807, 2.05) is 0 Å². The van der Waals surface area contributed by atoms with Crippen molar-refractivity contribution in [3.05, 3.63) is 21.0 Å². The van der Waals surface area contributed by atoms with Gasteiger partial charge in [-0.2, -0.15) is 5.10 Å². The van der Waals surface area contributed by atoms with E-state index in [-0.39, 0.29) is 5.56 Å². The lowest BCUT2D eigenvalue weighted by molar-refractivity contribution is 0.181. The largest absolute Gasteiger partial charge is 0.383 e. The zero-order valence-electron chi connectivity index (χ0n) is 11.9. The van der Waals surface area contributed by atoms with Gasteiger partial charge in [-0.1, -0.05) is 25.7 Å². The van der Waals surface area contributed by atoms with Gasteiger partial charge >= 0.3 is 0 Å². The summed E-state index contributed by atoms with van der Waals surface area (Å²) < 4.78 is 6.93. The van der Waals surface area contributed by atoms with Crippen molar-refractivity contribution in [2.75, 3.05) is 25.6 Å². The Kier molecular flexibility index (Phi) is 6.04. The number of methoxy groups -OCH3 is 1. The monoisotopic (exact) mass is 343 g/mol. The number of hydrogen-bond acceptors (Lipinski definition) is 4. The van der Waals surface area contributed by atoms with Crippen molar-refractivity contribution in [1.29, 1.82) is 0 Å². The van der Waals surface area contributed by atoms with Gasteiger partial charge in [0.2, 0.25) is 0 Å². The number of halogens is 1. The van der Waals surface area contributed by atoms with Gasteiger partial charge in [0.1, 0.15) is 4.47 Å². The predicted molar refractivity (Wildman–Crippen MR) is 83.1 cm³/mol. The van der Waals surface area contributed by atoms with Crippen molar-refractivity contribution in [3.63, 3.8) is 0 Å². The fourth-order valence-corrected chi connectivity index (χ4v) is 3.08. The molecular weight excluding hydrogens is 322 g/mol. The maximum absolute atomic E-state index is 12.1. The van der Waals surface area contributed by atoms with E-state index in [9.17, 15) is 4.79 Å². The molecule has 1 saturated carbocycles. The van der Waals surface area contributed by atoms with E-state index in [2.05, 4.69) is 26.3 Å². The zero-order chi connectivity index (χ0) is 14.4. The van der Waals surface area contributed by atoms with E-state index in [0.717, 1.165) is 18.2 Å². The average molecular weight is 344 g/mol. The van der Waals surface area contributed by atoms with E-state index in [4.69, 9.17) is 4.74 Å². The van der Waals surface area contributed by atoms with Crippen molar-refractivity contribution >= 4 is 21.6 Å². The second-order valence-electron chi connectivity index (χ2n) is 5.26. The summed E-state index contributed by atoms with van der Waals surface area (Å²) in [5, 5.41) is 7.47. The van der Waals surface area contributed by atoms with E-state index in [1.165, 1.54) is 36.8 Å². The normalized spacial score (nSPS) is 15.7. The molecule has 0 atom stereocenters. The minimum atomic E-state index is -0.118. The third kappa shape index (κ3) is 4.06. The van der Waals surface area contributed by atoms with Crippen LogP contribution in [0.4, 0.5) is 5.69 Å². The topological polar surface area (TPSA) is 56.1 Å². The molecule has 0 aliphatic heterocycles. The number of anilines is 1. The molecule has 0 radical (unpaired) electrons. The fraction of sp³-hybridized carbons (Fsp3) is 0.714. The van der Waals surface area contributed by atoms with Crippen molar-refractivity contribution in [3.8, 4) is 0 Å². The van der Waals surface area contributed by atoms with Crippen LogP contribution in [0.2, 0.25) is 0 Å². The Morgan fingerprint density at radius 2 is 2.25 bits per heavy atom. The molecule has 0 amide bonds. The Morgan fingerprint density at radius 1 is 1.50 bits per heavy atom. The lowest BCUT2D eigenvalue weighted by atomic mass is 10.0. The second kappa shape index (κ2) is 7.78. The van der Waals surface area contributed by atoms with Crippen LogP contribution >= 0.6 is 15.9 Å². The van der Waals surface area contributed by atoms with Crippen LogP contribution < -0.4 is 10.9 Å². The van der Waals surface area contributed by atoms with Crippen LogP contribution in [-0.4, -0.2) is 30.0 Å². The Balaban J connectivity index is 1.91. The summed E-state index contributed by atoms with van der Waals surface area (Å²) in [5.74, 6) is 0.844. The van der Waals surface area contributed by atoms with Gasteiger partial charge in [0.25, 0.3) is 5.56 Å². The highest BCUT2D eigenvalue weighted by molar-refractivity contribution is 9.10. The molecule has 0 spiro atoms. The molecule has 112 valence electrons. The lowest BCUT2D eigenvalue weighted by Gasteiger charge is -2.12. The number of rotatable bonds is 7. The fourth-order valence-electron chi connectivity index (χ4n) is 2.64. The lowest BCUT2D eigenvalue weighted by Crippen LogP contribution is -2.26. The number of hydrogen-bond donors (Lipinski definition) is 1. The van der Waals surface area contributed by atoms with Gasteiger partial charge in [0, 0.05) is 13.7 Å². The maximum atomic E-state index is 12.1. The van der Waals surface area contributed by atoms with Gasteiger partial charge < -0.3 is 10.1 Å². The number of aromatic nitrogens is 2. The molecule has 20 heavy (non-hydrogen) atoms. The van der Waals surface area contributed by atoms with E-state index in [1.54, 1.807) is 13.3 Å². The van der Waals surface area contributed by atoms with Gasteiger partial charge in [-0.25, -0.2) is 4.68 Å². The molecule has 1 aliphatic carbocycles. The minimum Gasteiger partial charge on any atom is -0.383 e. The first kappa shape index (κ1) is 15.5. The molecule has 1 aromatic rings. The van der Waals surface area contributed by atoms with Crippen LogP contribution in [0.15, 0.2) is 15.5 Å². The van der Waals surface area contributed by atoms with Crippen molar-refractivity contribution in [1.82, 2.24) is 9.78 Å². The van der Waals surface area contributed by atoms with Gasteiger partial charge in [-0.3, -0.25) is 4.79 Å². The molecule has 0 bridgehead atoms. The van der Waals surface area contributed by atoms with Gasteiger partial charge in [-0.05, 0) is 28.3 Å². The summed E-state index contributed by atoms with van der Waals surface area (Å²) in [7, 11) is 1.61. The van der Waals surface area contributed by atoms with E-state index in [0.29, 0.717) is 17.6 Å². The number of nitrogens with one attached hydrogen (secondary N) is 1. The first-order valence-corrected chi connectivity index (χ1v) is 8.00. The first-order chi connectivity index (χ1) is 9.72. The number of ether oxygens (including phenoxy) is 1. The molecule has 1 heterocycles. The summed E-state index contributed by atoms with van der Waals surface area (Å²) in [6.45, 7) is 1.84. The molecule has 1 aliphatic rings. The van der Waals surface area contributed by atoms with Crippen LogP contribution in [0.3, 0.4) is 0 Å². The Labute approximate surface area is 127 Å². The van der Waals surface area contributed by atoms with Crippen LogP contribution in [0.25, 0.3) is 0 Å². The summed E-state index contributed by atoms with van der Waals surface area (Å²) >= 11 is 3.36. The third-order valence-corrected chi connectivity index (χ3v) is 4.60. The summed E-state index contributed by atoms with van der Waals surface area (Å²) in [4.78, 5) is 12.1. The standard InChI is InChI=1S/C14H22BrN3O2/c1-20-9-8-18-14(19)13(15)12(10-17-18)16-7-6-11-4-2-3-5-11/h10-11,16H,2-9H2,1H3. The van der Waals surface area contributed by atoms with Crippen LogP contribution in [-0.2, 0) is 11.3 Å². The van der Waals surface area contributed by atoms with Gasteiger partial charge in [0.05, 0.1) is 25.0 Å². The molecular formula is C14H22BrN3O2. The quantitative estimate of drug-likeness (QED) is 0.826. The second-order valence-corrected chi connectivity index (χ2v) is 6.05. The molecule has 1 N–H and O–H groups in total. The minimum absolute atomic E-state index is 0.118. The van der Waals surface area contributed by atoms with Crippen molar-refractivity contribution in [2.45, 2.75) is 38.6 Å². The molecule has 0 saturated heterocycles. The SMILES string of the molecule is COCCn1ncc(NCCC2CCCC2)c(Br)c1=O. The molecule has 1 aromatic heterocycles. The summed E-state index contributed by atoms with van der Waals surface area (Å²) in [6, 6.07) is 0. The van der Waals surface area contributed by atoms with E-state index >= 15 is 0 Å². The Morgan fingerprint density at radius 3 is 2.95 bits per heavy atom. The highest BCUT2D eigenvalue weighted by Crippen LogP contribution is 2.27. The Hall–Kier alpha value is -0.880. The molecule has 2 rings (SSSR count). The van der Waals surface area contributed by atoms with Gasteiger partial charge in [-0.15, -0.1) is 0 Å². The molecule has 0 unspecified atom stereocenters. The summed E-state index contributed by atoms with van der Waals surface area (Å²) in [5.41, 5.74) is 0.662. The molecule has 0 aromatic carbocycles. The number of nitrogens with zero attached hydrogens (tertiary/aromatic N) is 2. The molecule has 6 heteroatoms. The smallest absolute Gasteiger partial charge is 0.283 e. The van der Waals surface area contributed by atoms with Crippen LogP contribution in [0, 0.1) is 5.92 Å².